The zero-order valence-electron chi connectivity index (χ0n) is 13.8. The van der Waals surface area contributed by atoms with E-state index < -0.39 is 0 Å². The Kier molecular flexibility index (Phi) is 5.34. The third-order valence-corrected chi connectivity index (χ3v) is 5.77. The summed E-state index contributed by atoms with van der Waals surface area (Å²) in [6.45, 7) is 2.01. The summed E-state index contributed by atoms with van der Waals surface area (Å²) >= 11 is 4.86. The van der Waals surface area contributed by atoms with Gasteiger partial charge >= 0.3 is 0 Å². The Bertz CT molecular complexity index is 810. The topological polar surface area (TPSA) is 58.6 Å². The summed E-state index contributed by atoms with van der Waals surface area (Å²) in [6, 6.07) is 13.1. The van der Waals surface area contributed by atoms with E-state index in [4.69, 9.17) is 4.74 Å². The van der Waals surface area contributed by atoms with Crippen LogP contribution in [0.15, 0.2) is 46.9 Å². The van der Waals surface area contributed by atoms with Crippen LogP contribution in [0.25, 0.3) is 0 Å². The summed E-state index contributed by atoms with van der Waals surface area (Å²) in [5.74, 6) is 0.421. The molecule has 1 saturated heterocycles. The fourth-order valence-electron chi connectivity index (χ4n) is 2.50. The van der Waals surface area contributed by atoms with Gasteiger partial charge in [-0.3, -0.25) is 15.0 Å². The summed E-state index contributed by atoms with van der Waals surface area (Å²) in [5.41, 5.74) is 5.27. The van der Waals surface area contributed by atoms with Crippen LogP contribution in [0, 0.1) is 6.92 Å². The van der Waals surface area contributed by atoms with Crippen molar-refractivity contribution in [2.45, 2.75) is 12.3 Å². The lowest BCUT2D eigenvalue weighted by Crippen LogP contribution is -2.44. The Morgan fingerprint density at radius 2 is 2.00 bits per heavy atom. The highest BCUT2D eigenvalue weighted by atomic mass is 79.9. The molecule has 7 heteroatoms. The number of methoxy groups -OCH3 is 1. The van der Waals surface area contributed by atoms with Crippen molar-refractivity contribution < 1.29 is 14.3 Å². The number of ether oxygens (including phenoxy) is 1. The third kappa shape index (κ3) is 3.82. The number of halogens is 1. The van der Waals surface area contributed by atoms with Gasteiger partial charge in [0.2, 0.25) is 0 Å². The van der Waals surface area contributed by atoms with Gasteiger partial charge in [-0.1, -0.05) is 29.8 Å². The number of amides is 2. The summed E-state index contributed by atoms with van der Waals surface area (Å²) in [6.07, 6.45) is 0. The van der Waals surface area contributed by atoms with Gasteiger partial charge in [-0.05, 0) is 46.6 Å². The molecule has 0 aliphatic carbocycles. The fraction of sp³-hybridized carbons (Fsp3) is 0.222. The van der Waals surface area contributed by atoms with Crippen LogP contribution in [0.5, 0.6) is 5.75 Å². The highest BCUT2D eigenvalue weighted by Gasteiger charge is 2.34. The number of benzene rings is 2. The maximum absolute atomic E-state index is 12.7. The maximum Gasteiger partial charge on any atom is 0.271 e. The van der Waals surface area contributed by atoms with Crippen molar-refractivity contribution in [3.05, 3.63) is 63.6 Å². The normalized spacial score (nSPS) is 16.8. The molecular weight excluding hydrogens is 404 g/mol. The predicted octanol–water partition coefficient (Wildman–Crippen LogP) is 3.69. The molecule has 0 radical (unpaired) electrons. The molecule has 1 unspecified atom stereocenters. The molecule has 0 saturated carbocycles. The van der Waals surface area contributed by atoms with Crippen LogP contribution in [-0.2, 0) is 4.79 Å². The lowest BCUT2D eigenvalue weighted by molar-refractivity contribution is -0.130. The van der Waals surface area contributed by atoms with E-state index in [2.05, 4.69) is 21.4 Å². The van der Waals surface area contributed by atoms with Gasteiger partial charge in [-0.25, -0.2) is 5.01 Å². The first-order valence-electron chi connectivity index (χ1n) is 7.64. The van der Waals surface area contributed by atoms with E-state index in [0.29, 0.717) is 21.5 Å². The Hall–Kier alpha value is -1.99. The number of carbonyl (C=O) groups excluding carboxylic acids is 2. The lowest BCUT2D eigenvalue weighted by atomic mass is 10.1. The molecule has 0 bridgehead atoms. The molecule has 2 amide bonds. The van der Waals surface area contributed by atoms with Crippen molar-refractivity contribution in [3.63, 3.8) is 0 Å². The SMILES string of the molecule is COc1ccc(Br)c(C(=O)NN2C(=O)CSC2c2ccc(C)cc2)c1. The number of hydrogen-bond acceptors (Lipinski definition) is 4. The highest BCUT2D eigenvalue weighted by molar-refractivity contribution is 9.10. The summed E-state index contributed by atoms with van der Waals surface area (Å²) < 4.78 is 5.80. The first-order valence-corrected chi connectivity index (χ1v) is 9.48. The second-order valence-corrected chi connectivity index (χ2v) is 7.55. The van der Waals surface area contributed by atoms with Gasteiger partial charge in [0, 0.05) is 4.47 Å². The number of aryl methyl sites for hydroxylation is 1. The van der Waals surface area contributed by atoms with E-state index in [-0.39, 0.29) is 17.2 Å². The van der Waals surface area contributed by atoms with Crippen molar-refractivity contribution in [2.24, 2.45) is 0 Å². The molecule has 1 aliphatic rings. The molecule has 3 rings (SSSR count). The number of hydrogen-bond donors (Lipinski definition) is 1. The average Bonchev–Trinajstić information content (AvgIpc) is 2.97. The van der Waals surface area contributed by atoms with Crippen molar-refractivity contribution in [2.75, 3.05) is 12.9 Å². The second-order valence-electron chi connectivity index (χ2n) is 5.62. The van der Waals surface area contributed by atoms with E-state index in [0.717, 1.165) is 11.1 Å². The minimum absolute atomic E-state index is 0.122. The number of rotatable bonds is 4. The number of hydrazine groups is 1. The molecular formula is C18H17BrN2O3S. The molecule has 1 atom stereocenters. The van der Waals surface area contributed by atoms with Gasteiger partial charge in [0.15, 0.2) is 0 Å². The van der Waals surface area contributed by atoms with E-state index in [1.807, 2.05) is 31.2 Å². The summed E-state index contributed by atoms with van der Waals surface area (Å²) in [7, 11) is 1.54. The summed E-state index contributed by atoms with van der Waals surface area (Å²) in [5, 5.41) is 1.17. The molecule has 5 nitrogen and oxygen atoms in total. The smallest absolute Gasteiger partial charge is 0.271 e. The van der Waals surface area contributed by atoms with Crippen LogP contribution in [0.1, 0.15) is 26.9 Å². The molecule has 130 valence electrons. The van der Waals surface area contributed by atoms with Crippen molar-refractivity contribution >= 4 is 39.5 Å². The first-order chi connectivity index (χ1) is 12.0. The van der Waals surface area contributed by atoms with Crippen LogP contribution < -0.4 is 10.2 Å². The molecule has 1 N–H and O–H groups in total. The van der Waals surface area contributed by atoms with Crippen LogP contribution in [0.3, 0.4) is 0 Å². The van der Waals surface area contributed by atoms with E-state index >= 15 is 0 Å². The van der Waals surface area contributed by atoms with Crippen molar-refractivity contribution in [3.8, 4) is 5.75 Å². The van der Waals surface area contributed by atoms with E-state index in [1.165, 1.54) is 16.8 Å². The minimum Gasteiger partial charge on any atom is -0.497 e. The Morgan fingerprint density at radius 1 is 1.28 bits per heavy atom. The zero-order chi connectivity index (χ0) is 18.0. The zero-order valence-corrected chi connectivity index (χ0v) is 16.2. The molecule has 1 heterocycles. The number of carbonyl (C=O) groups is 2. The summed E-state index contributed by atoms with van der Waals surface area (Å²) in [4.78, 5) is 24.9. The van der Waals surface area contributed by atoms with Gasteiger partial charge in [0.1, 0.15) is 11.1 Å². The van der Waals surface area contributed by atoms with Gasteiger partial charge in [-0.2, -0.15) is 0 Å². The molecule has 0 aromatic heterocycles. The lowest BCUT2D eigenvalue weighted by Gasteiger charge is -2.25. The molecule has 2 aromatic carbocycles. The molecule has 2 aromatic rings. The monoisotopic (exact) mass is 420 g/mol. The first kappa shape index (κ1) is 17.8. The Balaban J connectivity index is 1.83. The van der Waals surface area contributed by atoms with Crippen LogP contribution in [-0.4, -0.2) is 29.7 Å². The third-order valence-electron chi connectivity index (χ3n) is 3.87. The van der Waals surface area contributed by atoms with Gasteiger partial charge in [0.25, 0.3) is 11.8 Å². The van der Waals surface area contributed by atoms with Crippen LogP contribution >= 0.6 is 27.7 Å². The van der Waals surface area contributed by atoms with E-state index in [9.17, 15) is 9.59 Å². The fourth-order valence-corrected chi connectivity index (χ4v) is 4.03. The Labute approximate surface area is 158 Å². The van der Waals surface area contributed by atoms with Crippen LogP contribution in [0.4, 0.5) is 0 Å². The number of nitrogens with zero attached hydrogens (tertiary/aromatic N) is 1. The van der Waals surface area contributed by atoms with Crippen molar-refractivity contribution in [1.82, 2.24) is 10.4 Å². The number of nitrogens with one attached hydrogen (secondary N) is 1. The number of thioether (sulfide) groups is 1. The quantitative estimate of drug-likeness (QED) is 0.819. The molecule has 1 fully saturated rings. The minimum atomic E-state index is -0.362. The Morgan fingerprint density at radius 3 is 2.68 bits per heavy atom. The standard InChI is InChI=1S/C18H17BrN2O3S/c1-11-3-5-12(6-4-11)18-21(16(22)10-25-18)20-17(23)14-9-13(24-2)7-8-15(14)19/h3-9,18H,10H2,1-2H3,(H,20,23). The highest BCUT2D eigenvalue weighted by Crippen LogP contribution is 2.37. The second kappa shape index (κ2) is 7.49. The van der Waals surface area contributed by atoms with Gasteiger partial charge in [-0.15, -0.1) is 11.8 Å². The molecule has 1 aliphatic heterocycles. The van der Waals surface area contributed by atoms with Gasteiger partial charge < -0.3 is 4.74 Å². The largest absolute Gasteiger partial charge is 0.497 e. The predicted molar refractivity (Wildman–Crippen MR) is 101 cm³/mol. The van der Waals surface area contributed by atoms with Crippen molar-refractivity contribution in [1.29, 1.82) is 0 Å². The van der Waals surface area contributed by atoms with E-state index in [1.54, 1.807) is 25.3 Å². The average molecular weight is 421 g/mol. The molecule has 25 heavy (non-hydrogen) atoms. The van der Waals surface area contributed by atoms with Crippen LogP contribution in [0.2, 0.25) is 0 Å². The maximum atomic E-state index is 12.7. The van der Waals surface area contributed by atoms with Gasteiger partial charge in [0.05, 0.1) is 18.4 Å². The molecule has 0 spiro atoms.